The van der Waals surface area contributed by atoms with Gasteiger partial charge in [-0.15, -0.1) is 0 Å². The Labute approximate surface area is 182 Å². The number of benzene rings is 4. The first-order valence-electron chi connectivity index (χ1n) is 10.0. The van der Waals surface area contributed by atoms with Gasteiger partial charge in [0.2, 0.25) is 0 Å². The van der Waals surface area contributed by atoms with E-state index >= 15 is 0 Å². The molecule has 0 unspecified atom stereocenters. The van der Waals surface area contributed by atoms with Gasteiger partial charge < -0.3 is 0 Å². The third kappa shape index (κ3) is 4.69. The SMILES string of the molecule is CN(N(C)P(c1ccccc1)c1ccccc1)P(c1ccccc1)c1ccccc1. The van der Waals surface area contributed by atoms with Gasteiger partial charge in [-0.1, -0.05) is 121 Å². The molecule has 0 aromatic heterocycles. The van der Waals surface area contributed by atoms with E-state index in [1.165, 1.54) is 21.2 Å². The van der Waals surface area contributed by atoms with Crippen molar-refractivity contribution in [3.8, 4) is 0 Å². The van der Waals surface area contributed by atoms with E-state index in [-0.39, 0.29) is 0 Å². The lowest BCUT2D eigenvalue weighted by Gasteiger charge is -2.40. The molecule has 30 heavy (non-hydrogen) atoms. The van der Waals surface area contributed by atoms with Gasteiger partial charge in [0.25, 0.3) is 0 Å². The van der Waals surface area contributed by atoms with Crippen LogP contribution in [0.5, 0.6) is 0 Å². The van der Waals surface area contributed by atoms with Crippen molar-refractivity contribution in [3.05, 3.63) is 121 Å². The summed E-state index contributed by atoms with van der Waals surface area (Å²) >= 11 is 0. The highest BCUT2D eigenvalue weighted by Crippen LogP contribution is 2.46. The topological polar surface area (TPSA) is 6.48 Å². The molecule has 4 aromatic carbocycles. The van der Waals surface area contributed by atoms with Gasteiger partial charge in [-0.2, -0.15) is 0 Å². The largest absolute Gasteiger partial charge is 0.210 e. The molecule has 0 saturated carbocycles. The number of rotatable bonds is 7. The standard InChI is InChI=1S/C26H26N2P2/c1-27(29(23-15-7-3-8-16-23)24-17-9-4-10-18-24)28(2)30(25-19-11-5-12-20-25)26-21-13-6-14-22-26/h3-22H,1-2H3. The predicted molar refractivity (Wildman–Crippen MR) is 134 cm³/mol. The van der Waals surface area contributed by atoms with E-state index in [1.807, 2.05) is 0 Å². The van der Waals surface area contributed by atoms with Gasteiger partial charge in [-0.3, -0.25) is 0 Å². The third-order valence-corrected chi connectivity index (χ3v) is 9.99. The van der Waals surface area contributed by atoms with E-state index in [0.29, 0.717) is 0 Å². The molecule has 0 aliphatic carbocycles. The van der Waals surface area contributed by atoms with E-state index in [0.717, 1.165) is 0 Å². The Morgan fingerprint density at radius 3 is 0.767 bits per heavy atom. The van der Waals surface area contributed by atoms with E-state index in [9.17, 15) is 0 Å². The van der Waals surface area contributed by atoms with Crippen molar-refractivity contribution in [1.82, 2.24) is 9.56 Å². The van der Waals surface area contributed by atoms with Crippen LogP contribution in [0.25, 0.3) is 0 Å². The van der Waals surface area contributed by atoms with Gasteiger partial charge in [0.05, 0.1) is 0 Å². The summed E-state index contributed by atoms with van der Waals surface area (Å²) in [6.07, 6.45) is 0. The zero-order chi connectivity index (χ0) is 20.8. The molecular weight excluding hydrogens is 402 g/mol. The van der Waals surface area contributed by atoms with E-state index in [2.05, 4.69) is 145 Å². The molecule has 150 valence electrons. The van der Waals surface area contributed by atoms with Crippen LogP contribution in [0.15, 0.2) is 121 Å². The fraction of sp³-hybridized carbons (Fsp3) is 0.0769. The van der Waals surface area contributed by atoms with Gasteiger partial charge in [0.15, 0.2) is 0 Å². The summed E-state index contributed by atoms with van der Waals surface area (Å²) in [5.74, 6) is 0. The second-order valence-electron chi connectivity index (χ2n) is 6.94. The van der Waals surface area contributed by atoms with Gasteiger partial charge in [0, 0.05) is 30.2 Å². The summed E-state index contributed by atoms with van der Waals surface area (Å²) in [6, 6.07) is 43.4. The first-order valence-corrected chi connectivity index (χ1v) is 12.6. The second-order valence-corrected chi connectivity index (χ2v) is 11.4. The van der Waals surface area contributed by atoms with Gasteiger partial charge >= 0.3 is 0 Å². The molecule has 0 spiro atoms. The molecule has 0 amide bonds. The fourth-order valence-electron chi connectivity index (χ4n) is 3.50. The van der Waals surface area contributed by atoms with Gasteiger partial charge in [-0.05, 0) is 21.2 Å². The summed E-state index contributed by atoms with van der Waals surface area (Å²) in [5, 5.41) is 5.40. The molecule has 0 saturated heterocycles. The van der Waals surface area contributed by atoms with Gasteiger partial charge in [-0.25, -0.2) is 9.56 Å². The van der Waals surface area contributed by atoms with Crippen LogP contribution in [0.4, 0.5) is 0 Å². The quantitative estimate of drug-likeness (QED) is 0.306. The van der Waals surface area contributed by atoms with E-state index < -0.39 is 16.1 Å². The zero-order valence-electron chi connectivity index (χ0n) is 17.3. The Morgan fingerprint density at radius 2 is 0.567 bits per heavy atom. The maximum Gasteiger partial charge on any atom is 0.0434 e. The summed E-state index contributed by atoms with van der Waals surface area (Å²) in [6.45, 7) is 0. The minimum Gasteiger partial charge on any atom is -0.210 e. The number of hydrogen-bond donors (Lipinski definition) is 0. The maximum absolute atomic E-state index is 2.45. The average molecular weight is 428 g/mol. The molecule has 0 bridgehead atoms. The number of hydrazine groups is 1. The Bertz CT molecular complexity index is 862. The highest BCUT2D eigenvalue weighted by molar-refractivity contribution is 7.73. The molecule has 0 heterocycles. The van der Waals surface area contributed by atoms with Crippen LogP contribution in [-0.2, 0) is 0 Å². The fourth-order valence-corrected chi connectivity index (χ4v) is 8.25. The Kier molecular flexibility index (Phi) is 7.05. The van der Waals surface area contributed by atoms with Crippen molar-refractivity contribution in [1.29, 1.82) is 0 Å². The van der Waals surface area contributed by atoms with Crippen LogP contribution >= 0.6 is 16.1 Å². The third-order valence-electron chi connectivity index (χ3n) is 5.00. The summed E-state index contributed by atoms with van der Waals surface area (Å²) in [4.78, 5) is 0. The molecule has 0 radical (unpaired) electrons. The molecule has 4 aromatic rings. The van der Waals surface area contributed by atoms with Crippen molar-refractivity contribution >= 4 is 37.4 Å². The van der Waals surface area contributed by atoms with Crippen molar-refractivity contribution in [2.75, 3.05) is 14.1 Å². The molecule has 0 atom stereocenters. The second kappa shape index (κ2) is 10.1. The summed E-state index contributed by atoms with van der Waals surface area (Å²) in [5.41, 5.74) is 0. The smallest absolute Gasteiger partial charge is 0.0434 e. The molecule has 0 aliphatic rings. The van der Waals surface area contributed by atoms with Crippen LogP contribution in [0, 0.1) is 0 Å². The molecule has 4 heteroatoms. The first kappa shape index (κ1) is 20.9. The molecule has 0 fully saturated rings. The van der Waals surface area contributed by atoms with Crippen LogP contribution in [0.3, 0.4) is 0 Å². The number of nitrogens with zero attached hydrogens (tertiary/aromatic N) is 2. The zero-order valence-corrected chi connectivity index (χ0v) is 19.1. The minimum absolute atomic E-state index is 0.689. The molecule has 4 rings (SSSR count). The monoisotopic (exact) mass is 428 g/mol. The van der Waals surface area contributed by atoms with Crippen molar-refractivity contribution in [2.24, 2.45) is 0 Å². The lowest BCUT2D eigenvalue weighted by Crippen LogP contribution is -2.39. The normalized spacial score (nSPS) is 11.5. The van der Waals surface area contributed by atoms with Crippen LogP contribution < -0.4 is 21.2 Å². The first-order chi connectivity index (χ1) is 14.8. The Morgan fingerprint density at radius 1 is 0.367 bits per heavy atom. The highest BCUT2D eigenvalue weighted by Gasteiger charge is 2.28. The Hall–Kier alpha value is -2.34. The molecular formula is C26H26N2P2. The predicted octanol–water partition coefficient (Wildman–Crippen LogP) is 4.86. The average Bonchev–Trinajstić information content (AvgIpc) is 2.82. The highest BCUT2D eigenvalue weighted by atomic mass is 31.1. The molecule has 0 N–H and O–H groups in total. The molecule has 2 nitrogen and oxygen atoms in total. The van der Waals surface area contributed by atoms with Gasteiger partial charge in [0.1, 0.15) is 0 Å². The van der Waals surface area contributed by atoms with Crippen molar-refractivity contribution in [2.45, 2.75) is 0 Å². The van der Waals surface area contributed by atoms with Crippen molar-refractivity contribution in [3.63, 3.8) is 0 Å². The maximum atomic E-state index is 2.45. The van der Waals surface area contributed by atoms with E-state index in [1.54, 1.807) is 0 Å². The number of hydrogen-bond acceptors (Lipinski definition) is 2. The van der Waals surface area contributed by atoms with Crippen LogP contribution in [0.2, 0.25) is 0 Å². The molecule has 0 aliphatic heterocycles. The van der Waals surface area contributed by atoms with Crippen molar-refractivity contribution < 1.29 is 0 Å². The Balaban J connectivity index is 1.77. The summed E-state index contributed by atoms with van der Waals surface area (Å²) in [7, 11) is 3.08. The van der Waals surface area contributed by atoms with E-state index in [4.69, 9.17) is 0 Å². The summed E-state index contributed by atoms with van der Waals surface area (Å²) < 4.78 is 4.90. The van der Waals surface area contributed by atoms with Crippen LogP contribution in [-0.4, -0.2) is 23.7 Å². The minimum atomic E-state index is -0.689. The van der Waals surface area contributed by atoms with Crippen LogP contribution in [0.1, 0.15) is 0 Å². The lowest BCUT2D eigenvalue weighted by atomic mass is 10.4. The lowest BCUT2D eigenvalue weighted by molar-refractivity contribution is 0.271.